The fourth-order valence-electron chi connectivity index (χ4n) is 3.77. The number of aryl methyl sites for hydroxylation is 2. The van der Waals surface area contributed by atoms with Crippen LogP contribution in [0.4, 0.5) is 11.6 Å². The maximum absolute atomic E-state index is 6.01. The van der Waals surface area contributed by atoms with Crippen molar-refractivity contribution in [3.63, 3.8) is 0 Å². The lowest BCUT2D eigenvalue weighted by Crippen LogP contribution is -2.17. The van der Waals surface area contributed by atoms with Gasteiger partial charge >= 0.3 is 0 Å². The minimum Gasteiger partial charge on any atom is -0.367 e. The Kier molecular flexibility index (Phi) is 8.56. The number of nitrogens with zero attached hydrogens (tertiary/aromatic N) is 4. The van der Waals surface area contributed by atoms with Gasteiger partial charge in [-0.05, 0) is 62.1 Å². The molecular formula is C20H27Cl2IN6. The van der Waals surface area contributed by atoms with Gasteiger partial charge in [0.25, 0.3) is 0 Å². The maximum Gasteiger partial charge on any atom is 0.148 e. The van der Waals surface area contributed by atoms with Gasteiger partial charge in [0.2, 0.25) is 0 Å². The van der Waals surface area contributed by atoms with Gasteiger partial charge in [0.1, 0.15) is 33.6 Å². The van der Waals surface area contributed by atoms with Crippen molar-refractivity contribution in [3.05, 3.63) is 31.6 Å². The van der Waals surface area contributed by atoms with Gasteiger partial charge in [0, 0.05) is 18.2 Å². The molecule has 29 heavy (non-hydrogen) atoms. The summed E-state index contributed by atoms with van der Waals surface area (Å²) >= 11 is 14.0. The molecule has 0 aromatic carbocycles. The van der Waals surface area contributed by atoms with Crippen molar-refractivity contribution in [1.82, 2.24) is 19.9 Å². The summed E-state index contributed by atoms with van der Waals surface area (Å²) in [4.78, 5) is 16.8. The number of aromatic nitrogens is 4. The number of hydrogen-bond donors (Lipinski definition) is 2. The Bertz CT molecular complexity index is 803. The SMILES string of the molecule is Cc1nc(Cl)c(I)c(NC2CCCC2)n1.Cc1nc(Cl)cc(NC2CCCC2)n1. The van der Waals surface area contributed by atoms with Crippen molar-refractivity contribution in [1.29, 1.82) is 0 Å². The lowest BCUT2D eigenvalue weighted by molar-refractivity contribution is 0.747. The van der Waals surface area contributed by atoms with Crippen molar-refractivity contribution in [2.45, 2.75) is 77.3 Å². The summed E-state index contributed by atoms with van der Waals surface area (Å²) in [5.41, 5.74) is 0. The molecule has 9 heteroatoms. The molecule has 0 saturated heterocycles. The van der Waals surface area contributed by atoms with E-state index in [1.165, 1.54) is 51.4 Å². The number of rotatable bonds is 4. The molecule has 0 aliphatic heterocycles. The third-order valence-electron chi connectivity index (χ3n) is 5.13. The van der Waals surface area contributed by atoms with Gasteiger partial charge in [-0.3, -0.25) is 0 Å². The van der Waals surface area contributed by atoms with Crippen LogP contribution in [0.3, 0.4) is 0 Å². The molecule has 2 saturated carbocycles. The second-order valence-electron chi connectivity index (χ2n) is 7.60. The molecule has 2 fully saturated rings. The van der Waals surface area contributed by atoms with Crippen molar-refractivity contribution >= 4 is 57.4 Å². The van der Waals surface area contributed by atoms with Gasteiger partial charge in [-0.2, -0.15) is 0 Å². The highest BCUT2D eigenvalue weighted by atomic mass is 127. The average Bonchev–Trinajstić information content (AvgIpc) is 3.33. The molecular weight excluding hydrogens is 522 g/mol. The number of hydrogen-bond acceptors (Lipinski definition) is 6. The lowest BCUT2D eigenvalue weighted by Gasteiger charge is -2.14. The highest BCUT2D eigenvalue weighted by Crippen LogP contribution is 2.27. The van der Waals surface area contributed by atoms with E-state index in [1.54, 1.807) is 6.07 Å². The summed E-state index contributed by atoms with van der Waals surface area (Å²) in [6, 6.07) is 2.91. The van der Waals surface area contributed by atoms with Gasteiger partial charge < -0.3 is 10.6 Å². The van der Waals surface area contributed by atoms with Crippen molar-refractivity contribution in [3.8, 4) is 0 Å². The Morgan fingerprint density at radius 1 is 0.828 bits per heavy atom. The monoisotopic (exact) mass is 548 g/mol. The molecule has 2 N–H and O–H groups in total. The highest BCUT2D eigenvalue weighted by Gasteiger charge is 2.18. The Balaban J connectivity index is 0.000000166. The van der Waals surface area contributed by atoms with E-state index in [0.29, 0.717) is 22.4 Å². The molecule has 2 aliphatic rings. The van der Waals surface area contributed by atoms with Gasteiger partial charge in [0.15, 0.2) is 0 Å². The highest BCUT2D eigenvalue weighted by molar-refractivity contribution is 14.1. The summed E-state index contributed by atoms with van der Waals surface area (Å²) in [5, 5.41) is 7.89. The fourth-order valence-corrected chi connectivity index (χ4v) is 4.60. The third kappa shape index (κ3) is 7.07. The van der Waals surface area contributed by atoms with Crippen LogP contribution in [0.2, 0.25) is 10.3 Å². The number of anilines is 2. The first kappa shape index (κ1) is 22.7. The van der Waals surface area contributed by atoms with Crippen molar-refractivity contribution < 1.29 is 0 Å². The Morgan fingerprint density at radius 2 is 1.38 bits per heavy atom. The minimum atomic E-state index is 0.512. The van der Waals surface area contributed by atoms with E-state index >= 15 is 0 Å². The topological polar surface area (TPSA) is 75.6 Å². The normalized spacial score (nSPS) is 17.1. The molecule has 0 spiro atoms. The minimum absolute atomic E-state index is 0.512. The molecule has 2 aromatic rings. The van der Waals surface area contributed by atoms with Gasteiger partial charge in [0.05, 0.1) is 3.57 Å². The lowest BCUT2D eigenvalue weighted by atomic mass is 10.2. The van der Waals surface area contributed by atoms with Crippen LogP contribution in [-0.2, 0) is 0 Å². The molecule has 158 valence electrons. The Hall–Kier alpha value is -0.930. The van der Waals surface area contributed by atoms with Crippen LogP contribution in [0.1, 0.15) is 63.0 Å². The van der Waals surface area contributed by atoms with E-state index in [2.05, 4.69) is 53.2 Å². The quantitative estimate of drug-likeness (QED) is 0.350. The predicted octanol–water partition coefficient (Wildman–Crippen LogP) is 6.19. The number of nitrogens with one attached hydrogen (secondary N) is 2. The molecule has 2 heterocycles. The number of halogens is 3. The van der Waals surface area contributed by atoms with Crippen LogP contribution >= 0.6 is 45.8 Å². The van der Waals surface area contributed by atoms with E-state index < -0.39 is 0 Å². The zero-order valence-corrected chi connectivity index (χ0v) is 20.5. The third-order valence-corrected chi connectivity index (χ3v) is 6.94. The predicted molar refractivity (Wildman–Crippen MR) is 128 cm³/mol. The first-order chi connectivity index (χ1) is 13.9. The summed E-state index contributed by atoms with van der Waals surface area (Å²) < 4.78 is 0.923. The summed E-state index contributed by atoms with van der Waals surface area (Å²) in [5.74, 6) is 3.19. The van der Waals surface area contributed by atoms with Crippen molar-refractivity contribution in [2.24, 2.45) is 0 Å². The van der Waals surface area contributed by atoms with Gasteiger partial charge in [-0.15, -0.1) is 0 Å². The van der Waals surface area contributed by atoms with Crippen LogP contribution in [-0.4, -0.2) is 32.0 Å². The molecule has 2 aromatic heterocycles. The van der Waals surface area contributed by atoms with Crippen LogP contribution < -0.4 is 10.6 Å². The fraction of sp³-hybridized carbons (Fsp3) is 0.600. The van der Waals surface area contributed by atoms with Crippen molar-refractivity contribution in [2.75, 3.05) is 10.6 Å². The second-order valence-corrected chi connectivity index (χ2v) is 9.42. The standard InChI is InChI=1S/C10H13ClIN3.C10H14ClN3/c1-6-13-9(11)8(12)10(14-6)15-7-4-2-3-5-7;1-7-12-9(11)6-10(13-7)14-8-4-2-3-5-8/h7H,2-5H2,1H3,(H,13,14,15);6,8H,2-5H2,1H3,(H,12,13,14). The zero-order valence-electron chi connectivity index (χ0n) is 16.8. The summed E-state index contributed by atoms with van der Waals surface area (Å²) in [7, 11) is 0. The van der Waals surface area contributed by atoms with E-state index in [-0.39, 0.29) is 0 Å². The maximum atomic E-state index is 6.01. The average molecular weight is 549 g/mol. The molecule has 0 amide bonds. The van der Waals surface area contributed by atoms with Crippen LogP contribution in [0.15, 0.2) is 6.07 Å². The second kappa shape index (κ2) is 10.9. The van der Waals surface area contributed by atoms with E-state index in [1.807, 2.05) is 13.8 Å². The molecule has 6 nitrogen and oxygen atoms in total. The molecule has 0 radical (unpaired) electrons. The van der Waals surface area contributed by atoms with E-state index in [9.17, 15) is 0 Å². The van der Waals surface area contributed by atoms with Gasteiger partial charge in [-0.1, -0.05) is 48.9 Å². The van der Waals surface area contributed by atoms with Crippen LogP contribution in [0.5, 0.6) is 0 Å². The Labute approximate surface area is 196 Å². The van der Waals surface area contributed by atoms with E-state index in [4.69, 9.17) is 23.2 Å². The molecule has 4 rings (SSSR count). The first-order valence-electron chi connectivity index (χ1n) is 10.1. The molecule has 2 aliphatic carbocycles. The smallest absolute Gasteiger partial charge is 0.148 e. The van der Waals surface area contributed by atoms with E-state index in [0.717, 1.165) is 26.9 Å². The first-order valence-corrected chi connectivity index (χ1v) is 12.0. The van der Waals surface area contributed by atoms with Gasteiger partial charge in [-0.25, -0.2) is 19.9 Å². The summed E-state index contributed by atoms with van der Waals surface area (Å²) in [6.07, 6.45) is 10.2. The molecule has 0 unspecified atom stereocenters. The molecule has 0 bridgehead atoms. The Morgan fingerprint density at radius 3 is 1.97 bits per heavy atom. The zero-order chi connectivity index (χ0) is 20.8. The summed E-state index contributed by atoms with van der Waals surface area (Å²) in [6.45, 7) is 3.72. The van der Waals surface area contributed by atoms with Crippen LogP contribution in [0.25, 0.3) is 0 Å². The molecule has 0 atom stereocenters. The largest absolute Gasteiger partial charge is 0.367 e. The van der Waals surface area contributed by atoms with Crippen LogP contribution in [0, 0.1) is 17.4 Å².